The van der Waals surface area contributed by atoms with Gasteiger partial charge in [0, 0.05) is 51.5 Å². The third-order valence-electron chi connectivity index (χ3n) is 5.36. The number of carbonyl (C=O) groups is 1. The van der Waals surface area contributed by atoms with E-state index in [9.17, 15) is 9.90 Å². The minimum Gasteiger partial charge on any atom is -0.387 e. The molecule has 7 nitrogen and oxygen atoms in total. The van der Waals surface area contributed by atoms with Gasteiger partial charge in [-0.1, -0.05) is 24.3 Å². The van der Waals surface area contributed by atoms with Gasteiger partial charge in [-0.3, -0.25) is 9.69 Å². The number of aliphatic hydroxyl groups excluding tert-OH is 1. The van der Waals surface area contributed by atoms with Crippen LogP contribution in [0.1, 0.15) is 36.1 Å². The second kappa shape index (κ2) is 8.02. The number of hydrogen-bond donors (Lipinski definition) is 2. The van der Waals surface area contributed by atoms with Crippen molar-refractivity contribution in [3.05, 3.63) is 53.9 Å². The summed E-state index contributed by atoms with van der Waals surface area (Å²) < 4.78 is 0. The van der Waals surface area contributed by atoms with E-state index in [4.69, 9.17) is 0 Å². The Kier molecular flexibility index (Phi) is 5.31. The summed E-state index contributed by atoms with van der Waals surface area (Å²) in [5, 5.41) is 13.6. The summed E-state index contributed by atoms with van der Waals surface area (Å²) in [6.45, 7) is 4.08. The van der Waals surface area contributed by atoms with Crippen LogP contribution in [0.2, 0.25) is 0 Å². The molecule has 2 aromatic rings. The number of benzene rings is 1. The van der Waals surface area contributed by atoms with Crippen molar-refractivity contribution >= 4 is 11.9 Å². The van der Waals surface area contributed by atoms with Crippen LogP contribution in [0.3, 0.4) is 0 Å². The van der Waals surface area contributed by atoms with Gasteiger partial charge in [0.15, 0.2) is 0 Å². The van der Waals surface area contributed by atoms with Crippen LogP contribution in [-0.4, -0.2) is 58.6 Å². The van der Waals surface area contributed by atoms with Crippen molar-refractivity contribution in [3.8, 4) is 0 Å². The van der Waals surface area contributed by atoms with Gasteiger partial charge in [-0.2, -0.15) is 0 Å². The summed E-state index contributed by atoms with van der Waals surface area (Å²) >= 11 is 0. The van der Waals surface area contributed by atoms with Crippen LogP contribution >= 0.6 is 0 Å². The van der Waals surface area contributed by atoms with Crippen LogP contribution in [0, 0.1) is 0 Å². The molecule has 2 N–H and O–H groups in total. The molecule has 4 rings (SSSR count). The number of piperazine rings is 1. The lowest BCUT2D eigenvalue weighted by Crippen LogP contribution is -2.48. The third-order valence-corrected chi connectivity index (χ3v) is 5.36. The molecule has 0 saturated carbocycles. The number of nitrogens with zero attached hydrogens (tertiary/aromatic N) is 4. The normalized spacial score (nSPS) is 21.9. The molecular weight excluding hydrogens is 342 g/mol. The molecule has 7 heteroatoms. The van der Waals surface area contributed by atoms with E-state index in [1.165, 1.54) is 0 Å². The molecule has 0 bridgehead atoms. The standard InChI is InChI=1S/C20H25N5O2/c26-18(16-4-2-15(3-5-16)17-6-7-19(27)23-17)14-24-10-12-25(13-11-24)20-21-8-1-9-22-20/h1-5,8-9,17-18,26H,6-7,10-14H2,(H,23,27). The van der Waals surface area contributed by atoms with Gasteiger partial charge in [0.25, 0.3) is 0 Å². The highest BCUT2D eigenvalue weighted by molar-refractivity contribution is 5.78. The highest BCUT2D eigenvalue weighted by Gasteiger charge is 2.23. The number of nitrogens with one attached hydrogen (secondary N) is 1. The molecule has 2 atom stereocenters. The van der Waals surface area contributed by atoms with Gasteiger partial charge in [0.2, 0.25) is 11.9 Å². The van der Waals surface area contributed by atoms with Gasteiger partial charge in [-0.15, -0.1) is 0 Å². The van der Waals surface area contributed by atoms with Crippen LogP contribution in [0.4, 0.5) is 5.95 Å². The summed E-state index contributed by atoms with van der Waals surface area (Å²) in [6.07, 6.45) is 4.44. The Morgan fingerprint density at radius 2 is 1.81 bits per heavy atom. The zero-order chi connectivity index (χ0) is 18.6. The number of amides is 1. The highest BCUT2D eigenvalue weighted by Crippen LogP contribution is 2.25. The predicted molar refractivity (Wildman–Crippen MR) is 102 cm³/mol. The first-order valence-electron chi connectivity index (χ1n) is 9.50. The van der Waals surface area contributed by atoms with Gasteiger partial charge in [-0.05, 0) is 23.6 Å². The number of β-amino-alcohol motifs (C(OH)–C–C–N with tert-alkyl or cyclic N) is 1. The summed E-state index contributed by atoms with van der Waals surface area (Å²) in [6, 6.07) is 9.90. The molecule has 2 unspecified atom stereocenters. The fraction of sp³-hybridized carbons (Fsp3) is 0.450. The zero-order valence-electron chi connectivity index (χ0n) is 15.3. The average Bonchev–Trinajstić information content (AvgIpc) is 3.16. The first kappa shape index (κ1) is 17.9. The second-order valence-electron chi connectivity index (χ2n) is 7.18. The maximum Gasteiger partial charge on any atom is 0.225 e. The Labute approximate surface area is 159 Å². The van der Waals surface area contributed by atoms with Gasteiger partial charge >= 0.3 is 0 Å². The zero-order valence-corrected chi connectivity index (χ0v) is 15.3. The van der Waals surface area contributed by atoms with Crippen LogP contribution in [-0.2, 0) is 4.79 Å². The quantitative estimate of drug-likeness (QED) is 0.829. The molecule has 3 heterocycles. The number of aromatic nitrogens is 2. The summed E-state index contributed by atoms with van der Waals surface area (Å²) in [7, 11) is 0. The SMILES string of the molecule is O=C1CCC(c2ccc(C(O)CN3CCN(c4ncccn4)CC3)cc2)N1. The molecule has 2 aliphatic heterocycles. The Balaban J connectivity index is 1.29. The number of aliphatic hydroxyl groups is 1. The maximum absolute atomic E-state index is 11.4. The molecule has 2 aliphatic rings. The molecular formula is C20H25N5O2. The van der Waals surface area contributed by atoms with Gasteiger partial charge in [-0.25, -0.2) is 9.97 Å². The smallest absolute Gasteiger partial charge is 0.225 e. The minimum absolute atomic E-state index is 0.108. The van der Waals surface area contributed by atoms with E-state index < -0.39 is 6.10 Å². The molecule has 2 fully saturated rings. The van der Waals surface area contributed by atoms with Crippen LogP contribution in [0.15, 0.2) is 42.7 Å². The molecule has 1 aromatic carbocycles. The largest absolute Gasteiger partial charge is 0.387 e. The topological polar surface area (TPSA) is 81.6 Å². The summed E-state index contributed by atoms with van der Waals surface area (Å²) in [4.78, 5) is 24.4. The van der Waals surface area contributed by atoms with Gasteiger partial charge < -0.3 is 15.3 Å². The lowest BCUT2D eigenvalue weighted by molar-refractivity contribution is -0.119. The summed E-state index contributed by atoms with van der Waals surface area (Å²) in [5.41, 5.74) is 2.02. The number of anilines is 1. The Morgan fingerprint density at radius 1 is 1.11 bits per heavy atom. The van der Waals surface area contributed by atoms with Crippen molar-refractivity contribution in [1.29, 1.82) is 0 Å². The average molecular weight is 367 g/mol. The predicted octanol–water partition coefficient (Wildman–Crippen LogP) is 1.28. The van der Waals surface area contributed by atoms with E-state index >= 15 is 0 Å². The van der Waals surface area contributed by atoms with Crippen LogP contribution in [0.5, 0.6) is 0 Å². The van der Waals surface area contributed by atoms with Gasteiger partial charge in [0.1, 0.15) is 0 Å². The van der Waals surface area contributed by atoms with E-state index in [1.807, 2.05) is 30.3 Å². The number of hydrogen-bond acceptors (Lipinski definition) is 6. The molecule has 1 aromatic heterocycles. The van der Waals surface area contributed by atoms with Crippen LogP contribution < -0.4 is 10.2 Å². The Morgan fingerprint density at radius 3 is 2.44 bits per heavy atom. The monoisotopic (exact) mass is 367 g/mol. The summed E-state index contributed by atoms with van der Waals surface area (Å²) in [5.74, 6) is 0.886. The van der Waals surface area contributed by atoms with E-state index in [2.05, 4.69) is 25.1 Å². The van der Waals surface area contributed by atoms with Crippen molar-refractivity contribution in [1.82, 2.24) is 20.2 Å². The van der Waals surface area contributed by atoms with Crippen molar-refractivity contribution in [3.63, 3.8) is 0 Å². The molecule has 1 amide bonds. The fourth-order valence-corrected chi connectivity index (χ4v) is 3.75. The van der Waals surface area contributed by atoms with Gasteiger partial charge in [0.05, 0.1) is 12.1 Å². The van der Waals surface area contributed by atoms with Crippen molar-refractivity contribution in [2.45, 2.75) is 25.0 Å². The van der Waals surface area contributed by atoms with E-state index in [1.54, 1.807) is 12.4 Å². The lowest BCUT2D eigenvalue weighted by Gasteiger charge is -2.35. The Hall–Kier alpha value is -2.51. The van der Waals surface area contributed by atoms with Crippen LogP contribution in [0.25, 0.3) is 0 Å². The number of carbonyl (C=O) groups excluding carboxylic acids is 1. The molecule has 0 radical (unpaired) electrons. The fourth-order valence-electron chi connectivity index (χ4n) is 3.75. The number of rotatable bonds is 5. The second-order valence-corrected chi connectivity index (χ2v) is 7.18. The highest BCUT2D eigenvalue weighted by atomic mass is 16.3. The molecule has 0 aliphatic carbocycles. The molecule has 0 spiro atoms. The van der Waals surface area contributed by atoms with Crippen molar-refractivity contribution in [2.75, 3.05) is 37.6 Å². The Bertz CT molecular complexity index is 760. The van der Waals surface area contributed by atoms with E-state index in [0.717, 1.165) is 49.7 Å². The third kappa shape index (κ3) is 4.26. The molecule has 2 saturated heterocycles. The van der Waals surface area contributed by atoms with E-state index in [-0.39, 0.29) is 11.9 Å². The first-order valence-corrected chi connectivity index (χ1v) is 9.50. The molecule has 27 heavy (non-hydrogen) atoms. The maximum atomic E-state index is 11.4. The lowest BCUT2D eigenvalue weighted by atomic mass is 10.0. The molecule has 142 valence electrons. The minimum atomic E-state index is -0.517. The first-order chi connectivity index (χ1) is 13.2. The van der Waals surface area contributed by atoms with E-state index in [0.29, 0.717) is 13.0 Å². The van der Waals surface area contributed by atoms with Crippen molar-refractivity contribution < 1.29 is 9.90 Å². The van der Waals surface area contributed by atoms with Crippen molar-refractivity contribution in [2.24, 2.45) is 0 Å².